The van der Waals surface area contributed by atoms with Crippen LogP contribution < -0.4 is 29.0 Å². The fourth-order valence-electron chi connectivity index (χ4n) is 3.43. The van der Waals surface area contributed by atoms with Gasteiger partial charge in [-0.1, -0.05) is 18.2 Å². The number of benzene rings is 3. The van der Waals surface area contributed by atoms with Gasteiger partial charge >= 0.3 is 0 Å². The smallest absolute Gasteiger partial charge is 0.266 e. The molecular weight excluding hydrogens is 448 g/mol. The Bertz CT molecular complexity index is 1300. The summed E-state index contributed by atoms with van der Waals surface area (Å²) >= 11 is 0. The van der Waals surface area contributed by atoms with E-state index in [1.165, 1.54) is 13.2 Å². The molecule has 1 aliphatic heterocycles. The maximum atomic E-state index is 12.7. The largest absolute Gasteiger partial charge is 0.494 e. The molecule has 0 saturated carbocycles. The van der Waals surface area contributed by atoms with Gasteiger partial charge < -0.3 is 29.0 Å². The number of hydrogen-bond donors (Lipinski definition) is 1. The molecule has 0 spiro atoms. The number of carbonyl (C=O) groups excluding carboxylic acids is 1. The van der Waals surface area contributed by atoms with Gasteiger partial charge in [-0.2, -0.15) is 5.26 Å². The summed E-state index contributed by atoms with van der Waals surface area (Å²) in [6.07, 6.45) is 1.49. The van der Waals surface area contributed by atoms with Crippen molar-refractivity contribution in [3.05, 3.63) is 77.4 Å². The summed E-state index contributed by atoms with van der Waals surface area (Å²) in [4.78, 5) is 12.7. The lowest BCUT2D eigenvalue weighted by molar-refractivity contribution is -0.112. The highest BCUT2D eigenvalue weighted by Gasteiger charge is 2.15. The van der Waals surface area contributed by atoms with Crippen LogP contribution in [0.25, 0.3) is 6.08 Å². The van der Waals surface area contributed by atoms with E-state index < -0.39 is 5.91 Å². The first kappa shape index (κ1) is 23.5. The van der Waals surface area contributed by atoms with Gasteiger partial charge in [-0.15, -0.1) is 0 Å². The molecule has 3 aromatic carbocycles. The van der Waals surface area contributed by atoms with Crippen molar-refractivity contribution in [3.63, 3.8) is 0 Å². The Hall–Kier alpha value is -4.64. The number of hydrogen-bond acceptors (Lipinski definition) is 7. The summed E-state index contributed by atoms with van der Waals surface area (Å²) in [6.45, 7) is 2.91. The molecule has 0 aliphatic carbocycles. The molecule has 0 atom stereocenters. The molecule has 3 aromatic rings. The summed E-state index contributed by atoms with van der Waals surface area (Å²) in [7, 11) is 1.53. The van der Waals surface area contributed by atoms with E-state index in [0.717, 1.165) is 5.56 Å². The number of nitriles is 1. The molecule has 0 radical (unpaired) electrons. The van der Waals surface area contributed by atoms with E-state index in [1.807, 2.05) is 31.2 Å². The zero-order chi connectivity index (χ0) is 24.6. The van der Waals surface area contributed by atoms with Crippen LogP contribution in [-0.4, -0.2) is 26.4 Å². The zero-order valence-corrected chi connectivity index (χ0v) is 19.4. The highest BCUT2D eigenvalue weighted by atomic mass is 16.7. The molecule has 1 aliphatic rings. The van der Waals surface area contributed by atoms with Crippen LogP contribution in [0.2, 0.25) is 0 Å². The number of rotatable bonds is 9. The third kappa shape index (κ3) is 5.84. The van der Waals surface area contributed by atoms with E-state index in [-0.39, 0.29) is 12.4 Å². The van der Waals surface area contributed by atoms with Gasteiger partial charge in [0.05, 0.1) is 13.7 Å². The minimum Gasteiger partial charge on any atom is -0.494 e. The highest BCUT2D eigenvalue weighted by Crippen LogP contribution is 2.34. The van der Waals surface area contributed by atoms with Crippen molar-refractivity contribution in [1.29, 1.82) is 5.26 Å². The Labute approximate surface area is 203 Å². The van der Waals surface area contributed by atoms with Crippen molar-refractivity contribution in [2.24, 2.45) is 0 Å². The number of nitrogens with one attached hydrogen (secondary N) is 1. The molecule has 1 heterocycles. The monoisotopic (exact) mass is 472 g/mol. The molecule has 0 bridgehead atoms. The fourth-order valence-corrected chi connectivity index (χ4v) is 3.43. The number of carbonyl (C=O) groups is 1. The third-order valence-electron chi connectivity index (χ3n) is 5.10. The lowest BCUT2D eigenvalue weighted by Gasteiger charge is -2.12. The molecule has 0 aromatic heterocycles. The first-order chi connectivity index (χ1) is 17.1. The van der Waals surface area contributed by atoms with Crippen LogP contribution in [0.15, 0.2) is 66.2 Å². The minimum atomic E-state index is -0.525. The molecule has 1 amide bonds. The van der Waals surface area contributed by atoms with Crippen LogP contribution in [0, 0.1) is 11.3 Å². The van der Waals surface area contributed by atoms with Crippen molar-refractivity contribution in [3.8, 4) is 34.8 Å². The van der Waals surface area contributed by atoms with E-state index in [2.05, 4.69) is 5.32 Å². The van der Waals surface area contributed by atoms with Gasteiger partial charge in [0, 0.05) is 11.8 Å². The van der Waals surface area contributed by atoms with Crippen molar-refractivity contribution in [2.45, 2.75) is 13.5 Å². The van der Waals surface area contributed by atoms with Crippen LogP contribution in [0.1, 0.15) is 18.1 Å². The highest BCUT2D eigenvalue weighted by molar-refractivity contribution is 6.09. The quantitative estimate of drug-likeness (QED) is 0.348. The molecule has 8 nitrogen and oxygen atoms in total. The Balaban J connectivity index is 1.45. The van der Waals surface area contributed by atoms with Crippen molar-refractivity contribution < 1.29 is 28.5 Å². The SMILES string of the molecule is CCOc1cccc(NC(=O)/C(C#N)=C\c2ccc(OCc3ccc4c(c3)OCO4)c(OC)c2)c1. The summed E-state index contributed by atoms with van der Waals surface area (Å²) in [5, 5.41) is 12.3. The second kappa shape index (κ2) is 11.0. The maximum absolute atomic E-state index is 12.7. The van der Waals surface area contributed by atoms with Gasteiger partial charge in [-0.25, -0.2) is 0 Å². The van der Waals surface area contributed by atoms with Crippen LogP contribution in [-0.2, 0) is 11.4 Å². The molecule has 0 saturated heterocycles. The minimum absolute atomic E-state index is 0.0529. The molecule has 8 heteroatoms. The van der Waals surface area contributed by atoms with Gasteiger partial charge in [-0.05, 0) is 60.5 Å². The standard InChI is InChI=1S/C27H24N2O6/c1-3-32-22-6-4-5-21(14-22)29-27(30)20(15-28)11-18-7-9-23(25(12-18)31-2)33-16-19-8-10-24-26(13-19)35-17-34-24/h4-14H,3,16-17H2,1-2H3,(H,29,30)/b20-11-. The molecule has 1 N–H and O–H groups in total. The van der Waals surface area contributed by atoms with Crippen LogP contribution in [0.3, 0.4) is 0 Å². The Morgan fingerprint density at radius 3 is 2.71 bits per heavy atom. The predicted molar refractivity (Wildman–Crippen MR) is 130 cm³/mol. The number of amides is 1. The van der Waals surface area contributed by atoms with Gasteiger partial charge in [0.25, 0.3) is 5.91 Å². The third-order valence-corrected chi connectivity index (χ3v) is 5.10. The van der Waals surface area contributed by atoms with E-state index in [4.69, 9.17) is 23.7 Å². The van der Waals surface area contributed by atoms with Crippen LogP contribution in [0.4, 0.5) is 5.69 Å². The topological polar surface area (TPSA) is 99.0 Å². The van der Waals surface area contributed by atoms with Gasteiger partial charge in [-0.3, -0.25) is 4.79 Å². The molecule has 0 unspecified atom stereocenters. The number of ether oxygens (including phenoxy) is 5. The summed E-state index contributed by atoms with van der Waals surface area (Å²) in [6, 6.07) is 19.7. The maximum Gasteiger partial charge on any atom is 0.266 e. The molecular formula is C27H24N2O6. The molecule has 35 heavy (non-hydrogen) atoms. The fraction of sp³-hybridized carbons (Fsp3) is 0.185. The lowest BCUT2D eigenvalue weighted by Crippen LogP contribution is -2.13. The zero-order valence-electron chi connectivity index (χ0n) is 19.4. The van der Waals surface area contributed by atoms with Crippen molar-refractivity contribution in [2.75, 3.05) is 25.8 Å². The first-order valence-electron chi connectivity index (χ1n) is 10.9. The van der Waals surface area contributed by atoms with Gasteiger partial charge in [0.15, 0.2) is 23.0 Å². The van der Waals surface area contributed by atoms with Crippen molar-refractivity contribution >= 4 is 17.7 Å². The van der Waals surface area contributed by atoms with E-state index in [9.17, 15) is 10.1 Å². The second-order valence-corrected chi connectivity index (χ2v) is 7.47. The summed E-state index contributed by atoms with van der Waals surface area (Å²) in [5.74, 6) is 2.50. The van der Waals surface area contributed by atoms with Crippen LogP contribution >= 0.6 is 0 Å². The Kier molecular flexibility index (Phi) is 7.38. The number of nitrogens with zero attached hydrogens (tertiary/aromatic N) is 1. The lowest BCUT2D eigenvalue weighted by atomic mass is 10.1. The number of anilines is 1. The van der Waals surface area contributed by atoms with E-state index >= 15 is 0 Å². The summed E-state index contributed by atoms with van der Waals surface area (Å²) < 4.78 is 27.6. The Morgan fingerprint density at radius 2 is 1.91 bits per heavy atom. The molecule has 178 valence electrons. The summed E-state index contributed by atoms with van der Waals surface area (Å²) in [5.41, 5.74) is 2.01. The Morgan fingerprint density at radius 1 is 1.06 bits per heavy atom. The normalized spacial score (nSPS) is 12.0. The van der Waals surface area contributed by atoms with E-state index in [0.29, 0.717) is 53.2 Å². The molecule has 0 fully saturated rings. The van der Waals surface area contributed by atoms with Crippen LogP contribution in [0.5, 0.6) is 28.7 Å². The van der Waals surface area contributed by atoms with Crippen molar-refractivity contribution in [1.82, 2.24) is 0 Å². The average molecular weight is 472 g/mol. The van der Waals surface area contributed by atoms with Gasteiger partial charge in [0.2, 0.25) is 6.79 Å². The number of methoxy groups -OCH3 is 1. The van der Waals surface area contributed by atoms with Gasteiger partial charge in [0.1, 0.15) is 24.0 Å². The average Bonchev–Trinajstić information content (AvgIpc) is 3.34. The second-order valence-electron chi connectivity index (χ2n) is 7.47. The predicted octanol–water partition coefficient (Wildman–Crippen LogP) is 4.95. The number of fused-ring (bicyclic) bond motifs is 1. The first-order valence-corrected chi connectivity index (χ1v) is 10.9. The molecule has 4 rings (SSSR count). The van der Waals surface area contributed by atoms with E-state index in [1.54, 1.807) is 42.5 Å².